The van der Waals surface area contributed by atoms with Gasteiger partial charge in [-0.25, -0.2) is 8.78 Å². The normalized spacial score (nSPS) is 19.2. The van der Waals surface area contributed by atoms with E-state index in [0.29, 0.717) is 62.3 Å². The zero-order valence-electron chi connectivity index (χ0n) is 27.9. The van der Waals surface area contributed by atoms with Crippen LogP contribution in [0.25, 0.3) is 22.0 Å². The number of benzene rings is 2. The van der Waals surface area contributed by atoms with Gasteiger partial charge in [0.05, 0.1) is 6.20 Å². The maximum Gasteiger partial charge on any atom is 0.276 e. The second kappa shape index (κ2) is 14.0. The Morgan fingerprint density at radius 1 is 0.940 bits per heavy atom. The molecular weight excluding hydrogens is 646 g/mol. The molecule has 3 fully saturated rings. The highest BCUT2D eigenvalue weighted by Crippen LogP contribution is 2.31. The molecule has 0 radical (unpaired) electrons. The summed E-state index contributed by atoms with van der Waals surface area (Å²) in [5.74, 6) is -1.21. The van der Waals surface area contributed by atoms with Crippen molar-refractivity contribution in [3.63, 3.8) is 0 Å². The molecule has 0 spiro atoms. The third kappa shape index (κ3) is 6.97. The molecule has 3 amide bonds. The number of carbonyl (C=O) groups excluding carboxylic acids is 3. The highest BCUT2D eigenvalue weighted by atomic mass is 19.1. The number of nitrogens with zero attached hydrogens (tertiary/aromatic N) is 5. The van der Waals surface area contributed by atoms with E-state index in [1.807, 2.05) is 34.1 Å². The van der Waals surface area contributed by atoms with E-state index in [9.17, 15) is 19.2 Å². The number of aromatic nitrogens is 3. The first-order valence-corrected chi connectivity index (χ1v) is 17.1. The fourth-order valence-electron chi connectivity index (χ4n) is 7.25. The number of amides is 3. The first kappa shape index (κ1) is 33.4. The quantitative estimate of drug-likeness (QED) is 0.240. The van der Waals surface area contributed by atoms with E-state index in [2.05, 4.69) is 25.7 Å². The number of piperidine rings is 2. The number of piperazine rings is 1. The molecule has 4 aromatic rings. The Balaban J connectivity index is 0.872. The molecular formula is C36H40F2N8O4. The van der Waals surface area contributed by atoms with Gasteiger partial charge >= 0.3 is 0 Å². The molecule has 0 aliphatic carbocycles. The topological polar surface area (TPSA) is 136 Å². The van der Waals surface area contributed by atoms with Crippen LogP contribution in [0.1, 0.15) is 37.7 Å². The molecule has 3 saturated heterocycles. The predicted molar refractivity (Wildman–Crippen MR) is 184 cm³/mol. The van der Waals surface area contributed by atoms with Crippen LogP contribution < -0.4 is 21.1 Å². The fourth-order valence-corrected chi connectivity index (χ4v) is 7.25. The highest BCUT2D eigenvalue weighted by molar-refractivity contribution is 6.01. The average molecular weight is 687 g/mol. The smallest absolute Gasteiger partial charge is 0.276 e. The van der Waals surface area contributed by atoms with Crippen molar-refractivity contribution in [2.45, 2.75) is 44.7 Å². The van der Waals surface area contributed by atoms with Crippen molar-refractivity contribution in [3.8, 4) is 11.1 Å². The summed E-state index contributed by atoms with van der Waals surface area (Å²) < 4.78 is 32.0. The van der Waals surface area contributed by atoms with Crippen LogP contribution in [0, 0.1) is 17.6 Å². The number of rotatable bonds is 8. The van der Waals surface area contributed by atoms with Gasteiger partial charge in [-0.1, -0.05) is 0 Å². The molecule has 2 aromatic carbocycles. The van der Waals surface area contributed by atoms with Crippen molar-refractivity contribution in [2.24, 2.45) is 13.0 Å². The van der Waals surface area contributed by atoms with Crippen LogP contribution in [0.4, 0.5) is 20.2 Å². The molecule has 7 rings (SSSR count). The monoisotopic (exact) mass is 686 g/mol. The molecule has 12 nitrogen and oxygen atoms in total. The Hall–Kier alpha value is -5.11. The van der Waals surface area contributed by atoms with Crippen LogP contribution in [-0.4, -0.2) is 87.6 Å². The zero-order chi connectivity index (χ0) is 34.9. The third-order valence-electron chi connectivity index (χ3n) is 10.2. The number of aromatic amines is 1. The van der Waals surface area contributed by atoms with Crippen LogP contribution in [0.3, 0.4) is 0 Å². The first-order valence-electron chi connectivity index (χ1n) is 17.1. The summed E-state index contributed by atoms with van der Waals surface area (Å²) >= 11 is 0. The van der Waals surface area contributed by atoms with Gasteiger partial charge in [0.2, 0.25) is 17.7 Å². The lowest BCUT2D eigenvalue weighted by atomic mass is 9.92. The van der Waals surface area contributed by atoms with Crippen LogP contribution >= 0.6 is 0 Å². The van der Waals surface area contributed by atoms with Crippen molar-refractivity contribution < 1.29 is 23.2 Å². The van der Waals surface area contributed by atoms with Crippen molar-refractivity contribution in [1.29, 1.82) is 0 Å². The minimum absolute atomic E-state index is 0.0618. The van der Waals surface area contributed by atoms with Gasteiger partial charge in [-0.05, 0) is 61.6 Å². The number of H-pyrrole nitrogens is 1. The summed E-state index contributed by atoms with van der Waals surface area (Å²) in [5, 5.41) is 12.6. The van der Waals surface area contributed by atoms with E-state index < -0.39 is 17.7 Å². The lowest BCUT2D eigenvalue weighted by Crippen LogP contribution is -2.49. The molecule has 0 saturated carbocycles. The Labute approximate surface area is 287 Å². The van der Waals surface area contributed by atoms with Crippen molar-refractivity contribution in [3.05, 3.63) is 76.3 Å². The summed E-state index contributed by atoms with van der Waals surface area (Å²) in [4.78, 5) is 55.3. The van der Waals surface area contributed by atoms with Gasteiger partial charge in [0.1, 0.15) is 23.2 Å². The SMILES string of the molecule is Cn1cc(-c2cc(F)c(CN3CCN(C(=O)CC4CCN(c5ccc(NC6CCC(=O)NC6=O)cc5)CC4)CC3)cc2F)c2cn[nH]c2c1=O. The molecule has 0 bridgehead atoms. The van der Waals surface area contributed by atoms with Gasteiger partial charge in [-0.15, -0.1) is 0 Å². The molecule has 3 N–H and O–H groups in total. The predicted octanol–water partition coefficient (Wildman–Crippen LogP) is 3.37. The first-order chi connectivity index (χ1) is 24.1. The number of imide groups is 1. The zero-order valence-corrected chi connectivity index (χ0v) is 27.9. The lowest BCUT2D eigenvalue weighted by molar-refractivity contribution is -0.135. The van der Waals surface area contributed by atoms with E-state index in [-0.39, 0.29) is 46.5 Å². The summed E-state index contributed by atoms with van der Waals surface area (Å²) in [6.45, 7) is 4.14. The molecule has 1 atom stereocenters. The number of halogens is 2. The van der Waals surface area contributed by atoms with Crippen molar-refractivity contribution >= 4 is 40.0 Å². The molecule has 3 aliphatic rings. The molecule has 5 heterocycles. The van der Waals surface area contributed by atoms with Gasteiger partial charge in [0.25, 0.3) is 5.56 Å². The van der Waals surface area contributed by atoms with Crippen molar-refractivity contribution in [2.75, 3.05) is 49.5 Å². The van der Waals surface area contributed by atoms with Crippen molar-refractivity contribution in [1.82, 2.24) is 29.9 Å². The largest absolute Gasteiger partial charge is 0.374 e. The molecule has 14 heteroatoms. The molecule has 50 heavy (non-hydrogen) atoms. The van der Waals surface area contributed by atoms with Crippen LogP contribution in [0.15, 0.2) is 53.6 Å². The number of hydrogen-bond donors (Lipinski definition) is 3. The summed E-state index contributed by atoms with van der Waals surface area (Å²) in [5.41, 5.74) is 2.53. The number of nitrogens with one attached hydrogen (secondary N) is 3. The number of hydrogen-bond acceptors (Lipinski definition) is 8. The molecule has 3 aliphatic heterocycles. The van der Waals surface area contributed by atoms with Gasteiger partial charge in [0, 0.05) is 105 Å². The number of pyridine rings is 1. The minimum Gasteiger partial charge on any atom is -0.374 e. The maximum absolute atomic E-state index is 15.4. The number of fused-ring (bicyclic) bond motifs is 1. The van der Waals surface area contributed by atoms with Gasteiger partial charge in [0.15, 0.2) is 0 Å². The fraction of sp³-hybridized carbons (Fsp3) is 0.417. The Morgan fingerprint density at radius 3 is 2.40 bits per heavy atom. The number of aryl methyl sites for hydroxylation is 1. The number of carbonyl (C=O) groups is 3. The lowest BCUT2D eigenvalue weighted by Gasteiger charge is -2.37. The third-order valence-corrected chi connectivity index (χ3v) is 10.2. The van der Waals surface area contributed by atoms with E-state index in [0.717, 1.165) is 37.3 Å². The average Bonchev–Trinajstić information content (AvgIpc) is 3.61. The standard InChI is InChI=1S/C36H40F2N8O4/c1-43-21-28(27-19-39-42-34(27)36(43)50)26-18-29(37)23(17-30(26)38)20-44-12-14-46(15-13-44)33(48)16-22-8-10-45(11-9-22)25-4-2-24(3-5-25)40-31-6-7-32(47)41-35(31)49/h2-5,17-19,21-22,31,40H,6-16,20H2,1H3,(H,39,42)(H,41,47,49). The van der Waals surface area contributed by atoms with Crippen LogP contribution in [0.2, 0.25) is 0 Å². The van der Waals surface area contributed by atoms with E-state index in [4.69, 9.17) is 0 Å². The van der Waals surface area contributed by atoms with Gasteiger partial charge < -0.3 is 19.7 Å². The maximum atomic E-state index is 15.4. The van der Waals surface area contributed by atoms with E-state index in [1.54, 1.807) is 7.05 Å². The second-order valence-corrected chi connectivity index (χ2v) is 13.5. The second-order valence-electron chi connectivity index (χ2n) is 13.5. The summed E-state index contributed by atoms with van der Waals surface area (Å²) in [7, 11) is 1.55. The van der Waals surface area contributed by atoms with Crippen LogP contribution in [-0.2, 0) is 28.0 Å². The highest BCUT2D eigenvalue weighted by Gasteiger charge is 2.28. The Bertz CT molecular complexity index is 1980. The van der Waals surface area contributed by atoms with Crippen LogP contribution in [0.5, 0.6) is 0 Å². The summed E-state index contributed by atoms with van der Waals surface area (Å²) in [6.07, 6.45) is 6.05. The Kier molecular flexibility index (Phi) is 9.36. The minimum atomic E-state index is -0.582. The van der Waals surface area contributed by atoms with Gasteiger partial charge in [-0.3, -0.25) is 34.5 Å². The Morgan fingerprint density at radius 2 is 1.68 bits per heavy atom. The van der Waals surface area contributed by atoms with E-state index >= 15 is 8.78 Å². The molecule has 262 valence electrons. The van der Waals surface area contributed by atoms with Gasteiger partial charge in [-0.2, -0.15) is 5.10 Å². The summed E-state index contributed by atoms with van der Waals surface area (Å²) in [6, 6.07) is 9.93. The number of anilines is 2. The molecule has 2 aromatic heterocycles. The van der Waals surface area contributed by atoms with E-state index in [1.165, 1.54) is 29.1 Å². The molecule has 1 unspecified atom stereocenters.